The van der Waals surface area contributed by atoms with E-state index in [0.717, 1.165) is 12.8 Å². The topological polar surface area (TPSA) is 95.6 Å². The summed E-state index contributed by atoms with van der Waals surface area (Å²) in [5, 5.41) is 5.25. The van der Waals surface area contributed by atoms with Crippen molar-refractivity contribution < 1.29 is 18.0 Å². The number of nitrogens with zero attached hydrogens (tertiary/aromatic N) is 1. The van der Waals surface area contributed by atoms with E-state index in [0.29, 0.717) is 13.1 Å². The quantitative estimate of drug-likeness (QED) is 0.815. The molecule has 1 aromatic carbocycles. The van der Waals surface area contributed by atoms with Gasteiger partial charge in [-0.3, -0.25) is 9.59 Å². The van der Waals surface area contributed by atoms with Gasteiger partial charge in [0.1, 0.15) is 0 Å². The second-order valence-electron chi connectivity index (χ2n) is 7.12. The largest absolute Gasteiger partial charge is 0.350 e. The van der Waals surface area contributed by atoms with Crippen LogP contribution in [0.4, 0.5) is 0 Å². The summed E-state index contributed by atoms with van der Waals surface area (Å²) in [4.78, 5) is 24.1. The van der Waals surface area contributed by atoms with E-state index in [4.69, 9.17) is 0 Å². The fraction of sp³-hybridized carbons (Fsp3) is 0.529. The van der Waals surface area contributed by atoms with Crippen LogP contribution in [0.2, 0.25) is 0 Å². The predicted octanol–water partition coefficient (Wildman–Crippen LogP) is 1.12. The lowest BCUT2D eigenvalue weighted by Crippen LogP contribution is -2.45. The number of nitrogens with one attached hydrogen (secondary N) is 2. The maximum atomic E-state index is 12.6. The van der Waals surface area contributed by atoms with Gasteiger partial charge in [-0.25, -0.2) is 8.42 Å². The third-order valence-electron chi connectivity index (χ3n) is 3.72. The van der Waals surface area contributed by atoms with Crippen molar-refractivity contribution in [3.8, 4) is 0 Å². The number of carbonyl (C=O) groups is 2. The molecule has 0 spiro atoms. The molecule has 1 fully saturated rings. The lowest BCUT2D eigenvalue weighted by atomic mass is 10.1. The summed E-state index contributed by atoms with van der Waals surface area (Å²) >= 11 is 0. The minimum Gasteiger partial charge on any atom is -0.350 e. The third kappa shape index (κ3) is 5.27. The Kier molecular flexibility index (Phi) is 5.84. The van der Waals surface area contributed by atoms with E-state index in [1.165, 1.54) is 28.6 Å². The van der Waals surface area contributed by atoms with Crippen molar-refractivity contribution in [3.63, 3.8) is 0 Å². The normalized spacial score (nSPS) is 15.8. The lowest BCUT2D eigenvalue weighted by molar-refractivity contribution is -0.121. The number of sulfonamides is 1. The molecular weight excluding hydrogens is 342 g/mol. The Labute approximate surface area is 148 Å². The highest BCUT2D eigenvalue weighted by atomic mass is 32.2. The van der Waals surface area contributed by atoms with E-state index in [9.17, 15) is 18.0 Å². The van der Waals surface area contributed by atoms with E-state index in [1.807, 2.05) is 20.8 Å². The zero-order valence-corrected chi connectivity index (χ0v) is 15.6. The molecule has 2 rings (SSSR count). The molecule has 0 bridgehead atoms. The SMILES string of the molecule is CC(C)(C)NC(=O)CNC(=O)c1cccc(S(=O)(=O)N2CCCC2)c1. The number of rotatable bonds is 5. The first-order valence-electron chi connectivity index (χ1n) is 8.29. The van der Waals surface area contributed by atoms with Crippen LogP contribution in [-0.4, -0.2) is 49.7 Å². The number of hydrogen-bond acceptors (Lipinski definition) is 4. The summed E-state index contributed by atoms with van der Waals surface area (Å²) in [6.07, 6.45) is 1.70. The summed E-state index contributed by atoms with van der Waals surface area (Å²) in [7, 11) is -3.58. The second-order valence-corrected chi connectivity index (χ2v) is 9.06. The molecule has 2 amide bonds. The van der Waals surface area contributed by atoms with Crippen LogP contribution in [0, 0.1) is 0 Å². The third-order valence-corrected chi connectivity index (χ3v) is 5.62. The van der Waals surface area contributed by atoms with Crippen LogP contribution in [0.5, 0.6) is 0 Å². The molecule has 2 N–H and O–H groups in total. The first kappa shape index (κ1) is 19.4. The van der Waals surface area contributed by atoms with E-state index in [1.54, 1.807) is 0 Å². The van der Waals surface area contributed by atoms with Crippen LogP contribution >= 0.6 is 0 Å². The Morgan fingerprint density at radius 1 is 1.16 bits per heavy atom. The van der Waals surface area contributed by atoms with Crippen LogP contribution in [0.15, 0.2) is 29.2 Å². The first-order chi connectivity index (χ1) is 11.6. The molecule has 1 aliphatic rings. The summed E-state index contributed by atoms with van der Waals surface area (Å²) < 4.78 is 26.6. The van der Waals surface area contributed by atoms with Crippen LogP contribution in [-0.2, 0) is 14.8 Å². The van der Waals surface area contributed by atoms with Crippen LogP contribution in [0.25, 0.3) is 0 Å². The van der Waals surface area contributed by atoms with E-state index < -0.39 is 15.9 Å². The second kappa shape index (κ2) is 7.53. The molecule has 0 atom stereocenters. The molecule has 7 nitrogen and oxygen atoms in total. The molecule has 1 saturated heterocycles. The van der Waals surface area contributed by atoms with Crippen LogP contribution < -0.4 is 10.6 Å². The summed E-state index contributed by atoms with van der Waals surface area (Å²) in [6, 6.07) is 5.90. The number of carbonyl (C=O) groups excluding carboxylic acids is 2. The summed E-state index contributed by atoms with van der Waals surface area (Å²) in [5.74, 6) is -0.788. The molecule has 1 aromatic rings. The Morgan fingerprint density at radius 2 is 1.80 bits per heavy atom. The van der Waals surface area contributed by atoms with Crippen molar-refractivity contribution in [2.75, 3.05) is 19.6 Å². The van der Waals surface area contributed by atoms with Crippen molar-refractivity contribution in [3.05, 3.63) is 29.8 Å². The van der Waals surface area contributed by atoms with Crippen molar-refractivity contribution >= 4 is 21.8 Å². The van der Waals surface area contributed by atoms with Gasteiger partial charge in [0, 0.05) is 24.2 Å². The van der Waals surface area contributed by atoms with Gasteiger partial charge in [-0.1, -0.05) is 6.07 Å². The zero-order valence-electron chi connectivity index (χ0n) is 14.8. The molecule has 0 aliphatic carbocycles. The zero-order chi connectivity index (χ0) is 18.7. The van der Waals surface area contributed by atoms with Gasteiger partial charge in [-0.05, 0) is 51.8 Å². The molecule has 8 heteroatoms. The van der Waals surface area contributed by atoms with Gasteiger partial charge in [-0.2, -0.15) is 4.31 Å². The van der Waals surface area contributed by atoms with Gasteiger partial charge in [0.25, 0.3) is 5.91 Å². The highest BCUT2D eigenvalue weighted by molar-refractivity contribution is 7.89. The molecular formula is C17H25N3O4S. The minimum atomic E-state index is -3.58. The summed E-state index contributed by atoms with van der Waals surface area (Å²) in [6.45, 7) is 6.38. The Balaban J connectivity index is 2.05. The number of benzene rings is 1. The Morgan fingerprint density at radius 3 is 2.40 bits per heavy atom. The highest BCUT2D eigenvalue weighted by Gasteiger charge is 2.27. The highest BCUT2D eigenvalue weighted by Crippen LogP contribution is 2.21. The molecule has 0 saturated carbocycles. The van der Waals surface area contributed by atoms with Crippen molar-refractivity contribution in [2.24, 2.45) is 0 Å². The lowest BCUT2D eigenvalue weighted by Gasteiger charge is -2.20. The van der Waals surface area contributed by atoms with Gasteiger partial charge in [0.2, 0.25) is 15.9 Å². The molecule has 138 valence electrons. The summed E-state index contributed by atoms with van der Waals surface area (Å²) in [5.41, 5.74) is -0.172. The average Bonchev–Trinajstić information content (AvgIpc) is 3.06. The Hall–Kier alpha value is -1.93. The fourth-order valence-electron chi connectivity index (χ4n) is 2.60. The van der Waals surface area contributed by atoms with Crippen LogP contribution in [0.3, 0.4) is 0 Å². The van der Waals surface area contributed by atoms with Crippen LogP contribution in [0.1, 0.15) is 44.0 Å². The van der Waals surface area contributed by atoms with Gasteiger partial charge < -0.3 is 10.6 Å². The molecule has 25 heavy (non-hydrogen) atoms. The van der Waals surface area contributed by atoms with E-state index >= 15 is 0 Å². The smallest absolute Gasteiger partial charge is 0.251 e. The van der Waals surface area contributed by atoms with Crippen molar-refractivity contribution in [1.29, 1.82) is 0 Å². The number of hydrogen-bond donors (Lipinski definition) is 2. The maximum Gasteiger partial charge on any atom is 0.251 e. The molecule has 0 aromatic heterocycles. The molecule has 1 heterocycles. The van der Waals surface area contributed by atoms with E-state index in [-0.39, 0.29) is 28.4 Å². The van der Waals surface area contributed by atoms with Gasteiger partial charge in [0.05, 0.1) is 11.4 Å². The monoisotopic (exact) mass is 367 g/mol. The van der Waals surface area contributed by atoms with Gasteiger partial charge >= 0.3 is 0 Å². The standard InChI is InChI=1S/C17H25N3O4S/c1-17(2,3)19-15(21)12-18-16(22)13-7-6-8-14(11-13)25(23,24)20-9-4-5-10-20/h6-8,11H,4-5,9-10,12H2,1-3H3,(H,18,22)(H,19,21). The maximum absolute atomic E-state index is 12.6. The van der Waals surface area contributed by atoms with Gasteiger partial charge in [-0.15, -0.1) is 0 Å². The predicted molar refractivity (Wildman–Crippen MR) is 94.7 cm³/mol. The first-order valence-corrected chi connectivity index (χ1v) is 9.73. The van der Waals surface area contributed by atoms with Gasteiger partial charge in [0.15, 0.2) is 0 Å². The Bertz CT molecular complexity index is 747. The molecule has 0 unspecified atom stereocenters. The van der Waals surface area contributed by atoms with Crippen molar-refractivity contribution in [1.82, 2.24) is 14.9 Å². The average molecular weight is 367 g/mol. The molecule has 1 aliphatic heterocycles. The fourth-order valence-corrected chi connectivity index (χ4v) is 4.16. The van der Waals surface area contributed by atoms with Crippen molar-refractivity contribution in [2.45, 2.75) is 44.0 Å². The molecule has 0 radical (unpaired) electrons. The number of amides is 2. The van der Waals surface area contributed by atoms with E-state index in [2.05, 4.69) is 10.6 Å². The minimum absolute atomic E-state index is 0.0983.